The van der Waals surface area contributed by atoms with Crippen LogP contribution in [0.15, 0.2) is 24.3 Å². The van der Waals surface area contributed by atoms with Gasteiger partial charge in [-0.15, -0.1) is 0 Å². The molecule has 6 nitrogen and oxygen atoms in total. The van der Waals surface area contributed by atoms with Crippen molar-refractivity contribution in [3.63, 3.8) is 0 Å². The summed E-state index contributed by atoms with van der Waals surface area (Å²) in [6.45, 7) is 2.96. The fraction of sp³-hybridized carbons (Fsp3) is 0.375. The molecule has 2 heterocycles. The minimum Gasteiger partial charge on any atom is -0.322 e. The van der Waals surface area contributed by atoms with Gasteiger partial charge in [-0.05, 0) is 19.2 Å². The van der Waals surface area contributed by atoms with E-state index >= 15 is 0 Å². The van der Waals surface area contributed by atoms with Crippen LogP contribution in [-0.4, -0.2) is 58.8 Å². The van der Waals surface area contributed by atoms with E-state index in [9.17, 15) is 13.6 Å². The van der Waals surface area contributed by atoms with Crippen LogP contribution in [0.1, 0.15) is 0 Å². The van der Waals surface area contributed by atoms with E-state index in [-0.39, 0.29) is 6.03 Å². The molecule has 1 aromatic carbocycles. The molecule has 0 radical (unpaired) electrons. The van der Waals surface area contributed by atoms with Crippen LogP contribution in [0.3, 0.4) is 0 Å². The summed E-state index contributed by atoms with van der Waals surface area (Å²) in [6.07, 6.45) is 0. The highest BCUT2D eigenvalue weighted by Crippen LogP contribution is 2.23. The minimum atomic E-state index is -0.668. The van der Waals surface area contributed by atoms with Crippen LogP contribution in [0, 0.1) is 11.6 Å². The molecule has 0 unspecified atom stereocenters. The third kappa shape index (κ3) is 3.53. The van der Waals surface area contributed by atoms with Crippen molar-refractivity contribution in [2.75, 3.05) is 38.5 Å². The number of hydrogen-bond acceptors (Lipinski definition) is 3. The van der Waals surface area contributed by atoms with E-state index in [4.69, 9.17) is 0 Å². The lowest BCUT2D eigenvalue weighted by Gasteiger charge is -2.32. The van der Waals surface area contributed by atoms with Crippen molar-refractivity contribution in [1.29, 1.82) is 0 Å². The third-order valence-corrected chi connectivity index (χ3v) is 4.06. The Morgan fingerprint density at radius 2 is 1.67 bits per heavy atom. The van der Waals surface area contributed by atoms with Crippen LogP contribution in [0.2, 0.25) is 0 Å². The molecular formula is C16H19F2N5O. The van der Waals surface area contributed by atoms with Gasteiger partial charge in [0, 0.05) is 50.9 Å². The van der Waals surface area contributed by atoms with E-state index in [1.54, 1.807) is 18.0 Å². The Morgan fingerprint density at radius 3 is 2.29 bits per heavy atom. The number of anilines is 1. The Balaban J connectivity index is 1.75. The average Bonchev–Trinajstić information content (AvgIpc) is 2.88. The molecule has 1 aliphatic heterocycles. The standard InChI is InChI=1S/C16H19F2N5O/c1-21-3-5-23(6-4-21)16(24)19-15-10-14(20-22(15)2)11-7-12(17)9-13(18)8-11/h7-10H,3-6H2,1-2H3,(H,19,24). The summed E-state index contributed by atoms with van der Waals surface area (Å²) in [6, 6.07) is 4.61. The second-order valence-electron chi connectivity index (χ2n) is 5.92. The largest absolute Gasteiger partial charge is 0.323 e. The first-order valence-electron chi connectivity index (χ1n) is 7.67. The number of aromatic nitrogens is 2. The van der Waals surface area contributed by atoms with Gasteiger partial charge in [0.15, 0.2) is 0 Å². The number of rotatable bonds is 2. The Labute approximate surface area is 138 Å². The Bertz CT molecular complexity index is 733. The predicted octanol–water partition coefficient (Wildman–Crippen LogP) is 2.14. The normalized spacial score (nSPS) is 15.6. The number of benzene rings is 1. The van der Waals surface area contributed by atoms with Crippen molar-refractivity contribution in [3.05, 3.63) is 35.9 Å². The SMILES string of the molecule is CN1CCN(C(=O)Nc2cc(-c3cc(F)cc(F)c3)nn2C)CC1. The second kappa shape index (κ2) is 6.56. The van der Waals surface area contributed by atoms with Crippen LogP contribution in [-0.2, 0) is 7.05 Å². The summed E-state index contributed by atoms with van der Waals surface area (Å²) < 4.78 is 28.2. The van der Waals surface area contributed by atoms with Crippen molar-refractivity contribution in [1.82, 2.24) is 19.6 Å². The molecule has 0 saturated carbocycles. The summed E-state index contributed by atoms with van der Waals surface area (Å²) in [4.78, 5) is 16.2. The Kier molecular flexibility index (Phi) is 4.48. The first-order valence-corrected chi connectivity index (χ1v) is 7.67. The van der Waals surface area contributed by atoms with E-state index in [1.165, 1.54) is 16.8 Å². The molecule has 0 spiro atoms. The smallest absolute Gasteiger partial charge is 0.322 e. The Morgan fingerprint density at radius 1 is 1.04 bits per heavy atom. The van der Waals surface area contributed by atoms with Crippen LogP contribution in [0.25, 0.3) is 11.3 Å². The zero-order chi connectivity index (χ0) is 17.3. The van der Waals surface area contributed by atoms with Crippen molar-refractivity contribution in [2.24, 2.45) is 7.05 Å². The minimum absolute atomic E-state index is 0.205. The summed E-state index contributed by atoms with van der Waals surface area (Å²) in [5.74, 6) is -0.865. The molecule has 0 atom stereocenters. The number of nitrogens with one attached hydrogen (secondary N) is 1. The molecule has 128 valence electrons. The molecule has 1 aromatic heterocycles. The van der Waals surface area contributed by atoms with E-state index in [2.05, 4.69) is 15.3 Å². The monoisotopic (exact) mass is 335 g/mol. The molecule has 1 fully saturated rings. The topological polar surface area (TPSA) is 53.4 Å². The quantitative estimate of drug-likeness (QED) is 0.915. The number of piperazine rings is 1. The summed E-state index contributed by atoms with van der Waals surface area (Å²) in [5, 5.41) is 7.01. The molecule has 2 aromatic rings. The Hall–Kier alpha value is -2.48. The average molecular weight is 335 g/mol. The lowest BCUT2D eigenvalue weighted by molar-refractivity contribution is 0.164. The lowest BCUT2D eigenvalue weighted by Crippen LogP contribution is -2.48. The van der Waals surface area contributed by atoms with Gasteiger partial charge in [-0.2, -0.15) is 5.10 Å². The van der Waals surface area contributed by atoms with Gasteiger partial charge in [-0.1, -0.05) is 0 Å². The van der Waals surface area contributed by atoms with Crippen LogP contribution in [0.5, 0.6) is 0 Å². The molecule has 1 N–H and O–H groups in total. The number of urea groups is 1. The van der Waals surface area contributed by atoms with Gasteiger partial charge >= 0.3 is 6.03 Å². The maximum atomic E-state index is 13.4. The summed E-state index contributed by atoms with van der Waals surface area (Å²) in [5.41, 5.74) is 0.716. The van der Waals surface area contributed by atoms with Crippen molar-refractivity contribution in [3.8, 4) is 11.3 Å². The zero-order valence-corrected chi connectivity index (χ0v) is 13.6. The second-order valence-corrected chi connectivity index (χ2v) is 5.92. The molecule has 8 heteroatoms. The van der Waals surface area contributed by atoms with E-state index < -0.39 is 11.6 Å². The lowest BCUT2D eigenvalue weighted by atomic mass is 10.1. The van der Waals surface area contributed by atoms with E-state index in [1.807, 2.05) is 7.05 Å². The molecule has 24 heavy (non-hydrogen) atoms. The maximum Gasteiger partial charge on any atom is 0.323 e. The number of likely N-dealkylation sites (N-methyl/N-ethyl adjacent to an activating group) is 1. The summed E-state index contributed by atoms with van der Waals surface area (Å²) in [7, 11) is 3.68. The number of halogens is 2. The molecular weight excluding hydrogens is 316 g/mol. The summed E-state index contributed by atoms with van der Waals surface area (Å²) >= 11 is 0. The van der Waals surface area contributed by atoms with Gasteiger partial charge in [0.05, 0.1) is 5.69 Å². The number of hydrogen-bond donors (Lipinski definition) is 1. The number of carbonyl (C=O) groups is 1. The van der Waals surface area contributed by atoms with Crippen LogP contribution < -0.4 is 5.32 Å². The van der Waals surface area contributed by atoms with Crippen molar-refractivity contribution in [2.45, 2.75) is 0 Å². The molecule has 3 rings (SSSR count). The first-order chi connectivity index (χ1) is 11.4. The first kappa shape index (κ1) is 16.4. The van der Waals surface area contributed by atoms with Gasteiger partial charge in [0.1, 0.15) is 17.5 Å². The number of aryl methyl sites for hydroxylation is 1. The number of carbonyl (C=O) groups excluding carboxylic acids is 1. The highest BCUT2D eigenvalue weighted by molar-refractivity contribution is 5.89. The molecule has 0 aliphatic carbocycles. The predicted molar refractivity (Wildman–Crippen MR) is 86.6 cm³/mol. The van der Waals surface area contributed by atoms with Gasteiger partial charge in [0.25, 0.3) is 0 Å². The molecule has 0 bridgehead atoms. The van der Waals surface area contributed by atoms with Crippen LogP contribution >= 0.6 is 0 Å². The molecule has 2 amide bonds. The highest BCUT2D eigenvalue weighted by Gasteiger charge is 2.20. The fourth-order valence-corrected chi connectivity index (χ4v) is 2.63. The maximum absolute atomic E-state index is 13.4. The van der Waals surface area contributed by atoms with Crippen LogP contribution in [0.4, 0.5) is 19.4 Å². The van der Waals surface area contributed by atoms with Gasteiger partial charge in [-0.3, -0.25) is 10.00 Å². The van der Waals surface area contributed by atoms with E-state index in [0.717, 1.165) is 19.2 Å². The zero-order valence-electron chi connectivity index (χ0n) is 13.6. The molecule has 1 aliphatic rings. The fourth-order valence-electron chi connectivity index (χ4n) is 2.63. The van der Waals surface area contributed by atoms with E-state index in [0.29, 0.717) is 30.2 Å². The molecule has 1 saturated heterocycles. The van der Waals surface area contributed by atoms with Crippen molar-refractivity contribution < 1.29 is 13.6 Å². The van der Waals surface area contributed by atoms with Crippen molar-refractivity contribution >= 4 is 11.8 Å². The number of nitrogens with zero attached hydrogens (tertiary/aromatic N) is 4. The van der Waals surface area contributed by atoms with Gasteiger partial charge < -0.3 is 9.80 Å². The van der Waals surface area contributed by atoms with Gasteiger partial charge in [-0.25, -0.2) is 13.6 Å². The third-order valence-electron chi connectivity index (χ3n) is 4.06. The number of amides is 2. The highest BCUT2D eigenvalue weighted by atomic mass is 19.1. The van der Waals surface area contributed by atoms with Gasteiger partial charge in [0.2, 0.25) is 0 Å².